The predicted molar refractivity (Wildman–Crippen MR) is 51.9 cm³/mol. The first kappa shape index (κ1) is 17.0. The first-order valence-electron chi connectivity index (χ1n) is 4.05. The van der Waals surface area contributed by atoms with Crippen molar-refractivity contribution in [1.29, 1.82) is 0 Å². The molecule has 1 aromatic carbocycles. The van der Waals surface area contributed by atoms with E-state index in [0.29, 0.717) is 0 Å². The molecule has 0 unspecified atom stereocenters. The normalized spacial score (nSPS) is 9.60. The minimum atomic E-state index is -4.27. The smallest absolute Gasteiger partial charge is 0.744 e. The zero-order valence-corrected chi connectivity index (χ0v) is 10.4. The Morgan fingerprint density at radius 3 is 1.87 bits per heavy atom. The molecule has 0 bridgehead atoms. The molecule has 0 fully saturated rings. The maximum absolute atomic E-state index is 10.4. The van der Waals surface area contributed by atoms with Gasteiger partial charge in [-0.3, -0.25) is 0 Å². The van der Waals surface area contributed by atoms with Gasteiger partial charge in [-0.1, -0.05) is 17.7 Å². The van der Waals surface area contributed by atoms with Crippen molar-refractivity contribution in [2.45, 2.75) is 18.7 Å². The van der Waals surface area contributed by atoms with Crippen molar-refractivity contribution >= 4 is 10.1 Å². The van der Waals surface area contributed by atoms with Gasteiger partial charge >= 0.3 is 17.1 Å². The van der Waals surface area contributed by atoms with E-state index in [2.05, 4.69) is 0 Å². The van der Waals surface area contributed by atoms with Crippen molar-refractivity contribution < 1.29 is 35.1 Å². The van der Waals surface area contributed by atoms with Gasteiger partial charge in [-0.05, 0) is 26.0 Å². The van der Waals surface area contributed by atoms with Crippen LogP contribution in [0.1, 0.15) is 12.5 Å². The molecule has 0 aliphatic rings. The Hall–Kier alpha value is -0.391. The molecule has 15 heavy (non-hydrogen) atoms. The molecule has 0 amide bonds. The van der Waals surface area contributed by atoms with E-state index >= 15 is 0 Å². The van der Waals surface area contributed by atoms with Crippen LogP contribution in [0.5, 0.6) is 0 Å². The summed E-state index contributed by atoms with van der Waals surface area (Å²) in [5.41, 5.74) is 0.928. The van der Waals surface area contributed by atoms with Crippen molar-refractivity contribution in [2.24, 2.45) is 0 Å². The van der Waals surface area contributed by atoms with Crippen LogP contribution in [0.3, 0.4) is 0 Å². The fraction of sp³-hybridized carbons (Fsp3) is 0.333. The number of aliphatic hydroxyl groups is 1. The van der Waals surface area contributed by atoms with Crippen LogP contribution in [0.2, 0.25) is 0 Å². The summed E-state index contributed by atoms with van der Waals surface area (Å²) in [6.45, 7) is 3.75. The average molecular weight is 273 g/mol. The van der Waals surface area contributed by atoms with E-state index in [1.54, 1.807) is 19.1 Å². The van der Waals surface area contributed by atoms with Gasteiger partial charge in [0.1, 0.15) is 10.1 Å². The molecule has 0 saturated heterocycles. The topological polar surface area (TPSA) is 77.4 Å². The second-order valence-corrected chi connectivity index (χ2v) is 3.96. The number of aliphatic hydroxyl groups excluding tert-OH is 1. The summed E-state index contributed by atoms with van der Waals surface area (Å²) in [5.74, 6) is 0. The molecule has 1 rings (SSSR count). The Bertz CT molecular complexity index is 358. The van der Waals surface area contributed by atoms with E-state index in [1.165, 1.54) is 12.1 Å². The van der Waals surface area contributed by atoms with Crippen LogP contribution in [0.4, 0.5) is 0 Å². The Morgan fingerprint density at radius 1 is 1.27 bits per heavy atom. The summed E-state index contributed by atoms with van der Waals surface area (Å²) in [5, 5.41) is 7.57. The van der Waals surface area contributed by atoms with Crippen molar-refractivity contribution in [3.8, 4) is 0 Å². The molecule has 1 aromatic rings. The standard InChI is InChI=1S/C7H8O3S.C2H6O.Fe/c1-6-2-4-7(5-3-6)11(8,9)10;1-2-3;/h2-5H,1H3,(H,8,9,10);3H,2H2,1H3;/q;;+3/p-1. The SMILES string of the molecule is CCO.Cc1ccc(S(=O)(=O)[O-])cc1.[Fe+3]. The van der Waals surface area contributed by atoms with Crippen molar-refractivity contribution in [2.75, 3.05) is 6.61 Å². The van der Waals surface area contributed by atoms with Gasteiger partial charge in [-0.15, -0.1) is 0 Å². The summed E-state index contributed by atoms with van der Waals surface area (Å²) in [4.78, 5) is -0.178. The van der Waals surface area contributed by atoms with Crippen molar-refractivity contribution in [3.05, 3.63) is 29.8 Å². The second-order valence-electron chi connectivity index (χ2n) is 2.58. The third kappa shape index (κ3) is 7.53. The van der Waals surface area contributed by atoms with Gasteiger partial charge in [0, 0.05) is 6.61 Å². The Morgan fingerprint density at radius 2 is 1.60 bits per heavy atom. The number of aryl methyl sites for hydroxylation is 1. The largest absolute Gasteiger partial charge is 3.00 e. The predicted octanol–water partition coefficient (Wildman–Crippen LogP) is 0.895. The molecule has 0 atom stereocenters. The van der Waals surface area contributed by atoms with Gasteiger partial charge in [-0.2, -0.15) is 0 Å². The van der Waals surface area contributed by atoms with E-state index < -0.39 is 10.1 Å². The quantitative estimate of drug-likeness (QED) is 0.609. The minimum Gasteiger partial charge on any atom is -0.744 e. The molecule has 0 spiro atoms. The molecule has 0 saturated carbocycles. The van der Waals surface area contributed by atoms with Gasteiger partial charge in [0.15, 0.2) is 0 Å². The summed E-state index contributed by atoms with van der Waals surface area (Å²) in [6.07, 6.45) is 0. The summed E-state index contributed by atoms with van der Waals surface area (Å²) >= 11 is 0. The van der Waals surface area contributed by atoms with E-state index in [-0.39, 0.29) is 28.6 Å². The van der Waals surface area contributed by atoms with Gasteiger partial charge in [-0.25, -0.2) is 8.42 Å². The molecular formula is C9H13FeO4S+2. The maximum atomic E-state index is 10.4. The second kappa shape index (κ2) is 7.84. The first-order chi connectivity index (χ1) is 6.41. The van der Waals surface area contributed by atoms with Crippen LogP contribution < -0.4 is 0 Å². The molecular weight excluding hydrogens is 260 g/mol. The van der Waals surface area contributed by atoms with Crippen LogP contribution in [-0.2, 0) is 27.2 Å². The van der Waals surface area contributed by atoms with Gasteiger partial charge in [0.25, 0.3) is 0 Å². The fourth-order valence-corrected chi connectivity index (χ4v) is 1.17. The molecule has 6 heteroatoms. The average Bonchev–Trinajstić information content (AvgIpc) is 2.04. The summed E-state index contributed by atoms with van der Waals surface area (Å²) < 4.78 is 31.2. The Kier molecular flexibility index (Phi) is 8.90. The molecule has 85 valence electrons. The number of benzene rings is 1. The molecule has 0 aromatic heterocycles. The molecule has 1 radical (unpaired) electrons. The molecule has 4 nitrogen and oxygen atoms in total. The zero-order valence-electron chi connectivity index (χ0n) is 8.45. The van der Waals surface area contributed by atoms with Crippen LogP contribution in [-0.4, -0.2) is 24.7 Å². The van der Waals surface area contributed by atoms with Gasteiger partial charge < -0.3 is 9.66 Å². The minimum absolute atomic E-state index is 0. The van der Waals surface area contributed by atoms with Gasteiger partial charge in [0.2, 0.25) is 0 Å². The summed E-state index contributed by atoms with van der Waals surface area (Å²) in [6, 6.07) is 5.78. The molecule has 0 aliphatic carbocycles. The van der Waals surface area contributed by atoms with E-state index in [0.717, 1.165) is 5.56 Å². The van der Waals surface area contributed by atoms with Crippen LogP contribution in [0, 0.1) is 6.92 Å². The molecule has 0 heterocycles. The maximum Gasteiger partial charge on any atom is 3.00 e. The van der Waals surface area contributed by atoms with Gasteiger partial charge in [0.05, 0.1) is 4.90 Å². The Balaban J connectivity index is 0. The number of hydrogen-bond donors (Lipinski definition) is 1. The first-order valence-corrected chi connectivity index (χ1v) is 5.46. The third-order valence-electron chi connectivity index (χ3n) is 1.31. The van der Waals surface area contributed by atoms with Crippen molar-refractivity contribution in [1.82, 2.24) is 0 Å². The number of rotatable bonds is 1. The summed E-state index contributed by atoms with van der Waals surface area (Å²) in [7, 11) is -4.27. The van der Waals surface area contributed by atoms with E-state index in [1.807, 2.05) is 6.92 Å². The van der Waals surface area contributed by atoms with E-state index in [9.17, 15) is 13.0 Å². The van der Waals surface area contributed by atoms with Crippen LogP contribution in [0.25, 0.3) is 0 Å². The zero-order chi connectivity index (χ0) is 11.2. The fourth-order valence-electron chi connectivity index (χ4n) is 0.705. The monoisotopic (exact) mass is 273 g/mol. The molecule has 1 N–H and O–H groups in total. The van der Waals surface area contributed by atoms with Crippen LogP contribution >= 0.6 is 0 Å². The van der Waals surface area contributed by atoms with Crippen molar-refractivity contribution in [3.63, 3.8) is 0 Å². The van der Waals surface area contributed by atoms with E-state index in [4.69, 9.17) is 5.11 Å². The van der Waals surface area contributed by atoms with Crippen LogP contribution in [0.15, 0.2) is 29.2 Å². The Labute approximate surface area is 101 Å². The molecule has 0 aliphatic heterocycles. The number of hydrogen-bond acceptors (Lipinski definition) is 4. The third-order valence-corrected chi connectivity index (χ3v) is 2.16.